The Hall–Kier alpha value is -1.64. The number of benzene rings is 1. The molecule has 0 heterocycles. The molecule has 1 atom stereocenters. The zero-order valence-electron chi connectivity index (χ0n) is 15.1. The van der Waals surface area contributed by atoms with Gasteiger partial charge in [-0.05, 0) is 43.5 Å². The third-order valence-electron chi connectivity index (χ3n) is 3.49. The van der Waals surface area contributed by atoms with Gasteiger partial charge in [0.2, 0.25) is 15.9 Å². The van der Waals surface area contributed by atoms with Crippen LogP contribution >= 0.6 is 0 Å². The van der Waals surface area contributed by atoms with Gasteiger partial charge >= 0.3 is 0 Å². The van der Waals surface area contributed by atoms with E-state index in [2.05, 4.69) is 23.9 Å². The summed E-state index contributed by atoms with van der Waals surface area (Å²) in [5.41, 5.74) is 5.64. The zero-order chi connectivity index (χ0) is 18.9. The van der Waals surface area contributed by atoms with Crippen LogP contribution in [0.5, 0.6) is 5.75 Å². The maximum atomic E-state index is 12.2. The standard InChI is InChI=1S/C17H29N3O4S/c1-4-24-15-5-7-16(8-6-15)25(22,23)19-10-9-17(21)20-14(12-18)11-13(2)3/h5-8,13-14,19H,4,9-12,18H2,1-3H3,(H,20,21). The van der Waals surface area contributed by atoms with Crippen LogP contribution in [0.3, 0.4) is 0 Å². The SMILES string of the molecule is CCOc1ccc(S(=O)(=O)NCCC(=O)NC(CN)CC(C)C)cc1. The van der Waals surface area contributed by atoms with E-state index in [1.54, 1.807) is 12.1 Å². The van der Waals surface area contributed by atoms with E-state index in [1.165, 1.54) is 12.1 Å². The molecule has 0 fully saturated rings. The van der Waals surface area contributed by atoms with E-state index in [-0.39, 0.29) is 29.8 Å². The molecule has 0 bridgehead atoms. The van der Waals surface area contributed by atoms with E-state index in [9.17, 15) is 13.2 Å². The minimum Gasteiger partial charge on any atom is -0.494 e. The molecule has 0 aliphatic heterocycles. The fourth-order valence-corrected chi connectivity index (χ4v) is 3.38. The number of nitrogens with two attached hydrogens (primary N) is 1. The summed E-state index contributed by atoms with van der Waals surface area (Å²) in [6, 6.07) is 6.06. The molecule has 1 rings (SSSR count). The summed E-state index contributed by atoms with van der Waals surface area (Å²) in [6.45, 7) is 6.87. The fourth-order valence-electron chi connectivity index (χ4n) is 2.35. The highest BCUT2D eigenvalue weighted by atomic mass is 32.2. The van der Waals surface area contributed by atoms with Crippen molar-refractivity contribution in [2.24, 2.45) is 11.7 Å². The second kappa shape index (κ2) is 10.4. The van der Waals surface area contributed by atoms with Crippen LogP contribution in [0.15, 0.2) is 29.2 Å². The van der Waals surface area contributed by atoms with Crippen LogP contribution < -0.4 is 20.5 Å². The van der Waals surface area contributed by atoms with Crippen molar-refractivity contribution in [1.82, 2.24) is 10.0 Å². The smallest absolute Gasteiger partial charge is 0.240 e. The minimum atomic E-state index is -3.65. The highest BCUT2D eigenvalue weighted by Crippen LogP contribution is 2.15. The molecule has 0 aliphatic carbocycles. The van der Waals surface area contributed by atoms with Crippen LogP contribution in [0.25, 0.3) is 0 Å². The quantitative estimate of drug-likeness (QED) is 0.542. The number of sulfonamides is 1. The van der Waals surface area contributed by atoms with Crippen LogP contribution in [0, 0.1) is 5.92 Å². The number of ether oxygens (including phenoxy) is 1. The lowest BCUT2D eigenvalue weighted by Crippen LogP contribution is -2.42. The Bertz CT molecular complexity index is 630. The Morgan fingerprint density at radius 2 is 1.88 bits per heavy atom. The second-order valence-corrected chi connectivity index (χ2v) is 7.95. The first-order valence-corrected chi connectivity index (χ1v) is 9.98. The molecule has 142 valence electrons. The van der Waals surface area contributed by atoms with Gasteiger partial charge in [-0.3, -0.25) is 4.79 Å². The van der Waals surface area contributed by atoms with Crippen molar-refractivity contribution >= 4 is 15.9 Å². The van der Waals surface area contributed by atoms with Crippen molar-refractivity contribution in [3.05, 3.63) is 24.3 Å². The summed E-state index contributed by atoms with van der Waals surface area (Å²) in [5, 5.41) is 2.83. The fraction of sp³-hybridized carbons (Fsp3) is 0.588. The minimum absolute atomic E-state index is 0.0281. The van der Waals surface area contributed by atoms with Crippen LogP contribution in [0.2, 0.25) is 0 Å². The molecule has 7 nitrogen and oxygen atoms in total. The van der Waals surface area contributed by atoms with Gasteiger partial charge in [-0.25, -0.2) is 13.1 Å². The summed E-state index contributed by atoms with van der Waals surface area (Å²) in [7, 11) is -3.65. The number of hydrogen-bond donors (Lipinski definition) is 3. The topological polar surface area (TPSA) is 111 Å². The number of carbonyl (C=O) groups excluding carboxylic acids is 1. The number of rotatable bonds is 11. The molecule has 1 aromatic rings. The van der Waals surface area contributed by atoms with Crippen molar-refractivity contribution in [3.63, 3.8) is 0 Å². The number of nitrogens with one attached hydrogen (secondary N) is 2. The van der Waals surface area contributed by atoms with E-state index in [1.807, 2.05) is 6.92 Å². The van der Waals surface area contributed by atoms with Gasteiger partial charge in [-0.1, -0.05) is 13.8 Å². The molecule has 0 aromatic heterocycles. The Balaban J connectivity index is 2.49. The largest absolute Gasteiger partial charge is 0.494 e. The summed E-state index contributed by atoms with van der Waals surface area (Å²) < 4.78 is 32.1. The normalized spacial score (nSPS) is 12.8. The first-order valence-electron chi connectivity index (χ1n) is 8.50. The molecule has 25 heavy (non-hydrogen) atoms. The van der Waals surface area contributed by atoms with Crippen molar-refractivity contribution in [3.8, 4) is 5.75 Å². The molecule has 0 saturated heterocycles. The van der Waals surface area contributed by atoms with Gasteiger partial charge in [0.15, 0.2) is 0 Å². The Morgan fingerprint density at radius 1 is 1.24 bits per heavy atom. The lowest BCUT2D eigenvalue weighted by molar-refractivity contribution is -0.121. The van der Waals surface area contributed by atoms with Crippen LogP contribution in [0.1, 0.15) is 33.6 Å². The maximum Gasteiger partial charge on any atom is 0.240 e. The second-order valence-electron chi connectivity index (χ2n) is 6.18. The lowest BCUT2D eigenvalue weighted by atomic mass is 10.0. The van der Waals surface area contributed by atoms with Gasteiger partial charge < -0.3 is 15.8 Å². The number of carbonyl (C=O) groups is 1. The van der Waals surface area contributed by atoms with E-state index in [0.717, 1.165) is 6.42 Å². The summed E-state index contributed by atoms with van der Waals surface area (Å²) in [6.07, 6.45) is 0.852. The van der Waals surface area contributed by atoms with Gasteiger partial charge in [-0.2, -0.15) is 0 Å². The first-order chi connectivity index (χ1) is 11.8. The van der Waals surface area contributed by atoms with Crippen LogP contribution in [-0.2, 0) is 14.8 Å². The van der Waals surface area contributed by atoms with Crippen LogP contribution in [0.4, 0.5) is 0 Å². The van der Waals surface area contributed by atoms with Gasteiger partial charge in [0.25, 0.3) is 0 Å². The summed E-state index contributed by atoms with van der Waals surface area (Å²) in [4.78, 5) is 12.0. The van der Waals surface area contributed by atoms with Crippen molar-refractivity contribution in [1.29, 1.82) is 0 Å². The monoisotopic (exact) mass is 371 g/mol. The molecule has 8 heteroatoms. The Morgan fingerprint density at radius 3 is 2.40 bits per heavy atom. The van der Waals surface area contributed by atoms with Crippen molar-refractivity contribution in [2.45, 2.75) is 44.6 Å². The molecule has 1 unspecified atom stereocenters. The predicted octanol–water partition coefficient (Wildman–Crippen LogP) is 1.24. The average molecular weight is 372 g/mol. The van der Waals surface area contributed by atoms with Crippen molar-refractivity contribution < 1.29 is 17.9 Å². The third kappa shape index (κ3) is 7.85. The summed E-state index contributed by atoms with van der Waals surface area (Å²) >= 11 is 0. The van der Waals surface area contributed by atoms with Crippen molar-refractivity contribution in [2.75, 3.05) is 19.7 Å². The molecular weight excluding hydrogens is 342 g/mol. The maximum absolute atomic E-state index is 12.2. The van der Waals surface area contributed by atoms with E-state index < -0.39 is 10.0 Å². The lowest BCUT2D eigenvalue weighted by Gasteiger charge is -2.18. The molecule has 1 amide bonds. The van der Waals surface area contributed by atoms with Gasteiger partial charge in [0.05, 0.1) is 11.5 Å². The van der Waals surface area contributed by atoms with E-state index >= 15 is 0 Å². The Kier molecular flexibility index (Phi) is 8.88. The highest BCUT2D eigenvalue weighted by molar-refractivity contribution is 7.89. The van der Waals surface area contributed by atoms with Gasteiger partial charge in [-0.15, -0.1) is 0 Å². The predicted molar refractivity (Wildman–Crippen MR) is 97.9 cm³/mol. The molecular formula is C17H29N3O4S. The average Bonchev–Trinajstić information content (AvgIpc) is 2.54. The number of amides is 1. The molecule has 4 N–H and O–H groups in total. The first kappa shape index (κ1) is 21.4. The molecule has 0 aliphatic rings. The summed E-state index contributed by atoms with van der Waals surface area (Å²) in [5.74, 6) is 0.816. The number of hydrogen-bond acceptors (Lipinski definition) is 5. The molecule has 0 spiro atoms. The third-order valence-corrected chi connectivity index (χ3v) is 4.97. The Labute approximate surface area is 150 Å². The zero-order valence-corrected chi connectivity index (χ0v) is 15.9. The molecule has 0 saturated carbocycles. The van der Waals surface area contributed by atoms with Crippen LogP contribution in [-0.4, -0.2) is 40.1 Å². The van der Waals surface area contributed by atoms with Gasteiger partial charge in [0.1, 0.15) is 5.75 Å². The van der Waals surface area contributed by atoms with E-state index in [4.69, 9.17) is 10.5 Å². The van der Waals surface area contributed by atoms with E-state index in [0.29, 0.717) is 24.8 Å². The molecule has 0 radical (unpaired) electrons. The molecule has 1 aromatic carbocycles. The highest BCUT2D eigenvalue weighted by Gasteiger charge is 2.16. The van der Waals surface area contributed by atoms with Gasteiger partial charge in [0, 0.05) is 25.6 Å².